The maximum Gasteiger partial charge on any atom is 0.128 e. The van der Waals surface area contributed by atoms with E-state index in [1.807, 2.05) is 12.1 Å². The number of nitrogens with two attached hydrogens (primary N) is 1. The van der Waals surface area contributed by atoms with Crippen LogP contribution in [0.2, 0.25) is 0 Å². The van der Waals surface area contributed by atoms with Crippen molar-refractivity contribution in [3.63, 3.8) is 0 Å². The summed E-state index contributed by atoms with van der Waals surface area (Å²) < 4.78 is 13.9. The fourth-order valence-electron chi connectivity index (χ4n) is 3.79. The molecule has 3 rings (SSSR count). The minimum absolute atomic E-state index is 0.186. The number of hydrogen-bond acceptors (Lipinski definition) is 3. The van der Waals surface area contributed by atoms with Crippen molar-refractivity contribution in [2.24, 2.45) is 5.73 Å². The molecular weight excluding hydrogens is 265 g/mol. The van der Waals surface area contributed by atoms with Crippen LogP contribution in [-0.4, -0.2) is 48.1 Å². The van der Waals surface area contributed by atoms with Crippen LogP contribution in [0.3, 0.4) is 0 Å². The van der Waals surface area contributed by atoms with Crippen molar-refractivity contribution in [1.29, 1.82) is 0 Å². The van der Waals surface area contributed by atoms with Gasteiger partial charge in [0.2, 0.25) is 0 Å². The largest absolute Gasteiger partial charge is 0.323 e. The number of piperazine rings is 1. The Morgan fingerprint density at radius 3 is 2.90 bits per heavy atom. The van der Waals surface area contributed by atoms with Gasteiger partial charge in [-0.05, 0) is 32.4 Å². The number of rotatable bonds is 3. The first-order valence-corrected chi connectivity index (χ1v) is 8.13. The van der Waals surface area contributed by atoms with Crippen molar-refractivity contribution < 1.29 is 4.39 Å². The molecule has 0 saturated carbocycles. The van der Waals surface area contributed by atoms with E-state index in [9.17, 15) is 4.39 Å². The minimum Gasteiger partial charge on any atom is -0.323 e. The van der Waals surface area contributed by atoms with Crippen LogP contribution in [0, 0.1) is 5.82 Å². The molecule has 2 saturated heterocycles. The molecule has 116 valence electrons. The minimum atomic E-state index is -0.246. The third-order valence-electron chi connectivity index (χ3n) is 5.05. The Bertz CT molecular complexity index is 479. The smallest absolute Gasteiger partial charge is 0.128 e. The van der Waals surface area contributed by atoms with E-state index in [0.717, 1.165) is 19.6 Å². The quantitative estimate of drug-likeness (QED) is 0.928. The molecule has 4 heteroatoms. The van der Waals surface area contributed by atoms with Gasteiger partial charge in [0, 0.05) is 43.3 Å². The summed E-state index contributed by atoms with van der Waals surface area (Å²) >= 11 is 0. The zero-order valence-corrected chi connectivity index (χ0v) is 12.8. The van der Waals surface area contributed by atoms with Crippen LogP contribution in [0.1, 0.15) is 37.8 Å². The Hall–Kier alpha value is -0.970. The van der Waals surface area contributed by atoms with Gasteiger partial charge in [0.15, 0.2) is 0 Å². The molecule has 2 N–H and O–H groups in total. The van der Waals surface area contributed by atoms with Crippen molar-refractivity contribution in [2.75, 3.05) is 26.2 Å². The molecule has 0 aromatic heterocycles. The van der Waals surface area contributed by atoms with Crippen molar-refractivity contribution in [2.45, 2.75) is 44.3 Å². The van der Waals surface area contributed by atoms with Gasteiger partial charge in [0.25, 0.3) is 0 Å². The standard InChI is InChI=1S/C17H26FN3/c1-13-10-20-9-5-4-6-14(20)11-21(13)12-17(19)15-7-2-3-8-16(15)18/h2-3,7-8,13-14,17H,4-6,9-12,19H2,1H3. The number of benzene rings is 1. The molecule has 0 spiro atoms. The molecule has 3 nitrogen and oxygen atoms in total. The second-order valence-corrected chi connectivity index (χ2v) is 6.58. The molecule has 0 radical (unpaired) electrons. The normalized spacial score (nSPS) is 29.1. The van der Waals surface area contributed by atoms with Gasteiger partial charge in [-0.15, -0.1) is 0 Å². The van der Waals surface area contributed by atoms with E-state index < -0.39 is 0 Å². The van der Waals surface area contributed by atoms with Gasteiger partial charge in [-0.3, -0.25) is 9.80 Å². The molecule has 3 atom stereocenters. The fraction of sp³-hybridized carbons (Fsp3) is 0.647. The lowest BCUT2D eigenvalue weighted by Gasteiger charge is -2.48. The summed E-state index contributed by atoms with van der Waals surface area (Å²) in [4.78, 5) is 5.07. The van der Waals surface area contributed by atoms with E-state index in [-0.39, 0.29) is 11.9 Å². The van der Waals surface area contributed by atoms with E-state index in [1.54, 1.807) is 6.07 Å². The van der Waals surface area contributed by atoms with Crippen molar-refractivity contribution in [3.05, 3.63) is 35.6 Å². The van der Waals surface area contributed by atoms with Crippen LogP contribution in [0.25, 0.3) is 0 Å². The van der Waals surface area contributed by atoms with E-state index in [0.29, 0.717) is 17.6 Å². The first-order chi connectivity index (χ1) is 10.1. The van der Waals surface area contributed by atoms with Gasteiger partial charge >= 0.3 is 0 Å². The molecule has 2 aliphatic heterocycles. The van der Waals surface area contributed by atoms with Crippen molar-refractivity contribution in [1.82, 2.24) is 9.80 Å². The van der Waals surface area contributed by atoms with Gasteiger partial charge in [0.1, 0.15) is 5.82 Å². The Balaban J connectivity index is 1.65. The van der Waals surface area contributed by atoms with Crippen LogP contribution < -0.4 is 5.73 Å². The first kappa shape index (κ1) is 14.9. The summed E-state index contributed by atoms with van der Waals surface area (Å²) in [5, 5.41) is 0. The van der Waals surface area contributed by atoms with Gasteiger partial charge < -0.3 is 5.73 Å². The summed E-state index contributed by atoms with van der Waals surface area (Å²) in [7, 11) is 0. The number of fused-ring (bicyclic) bond motifs is 1. The first-order valence-electron chi connectivity index (χ1n) is 8.13. The summed E-state index contributed by atoms with van der Waals surface area (Å²) in [6.07, 6.45) is 3.96. The van der Waals surface area contributed by atoms with E-state index in [2.05, 4.69) is 16.7 Å². The average molecular weight is 291 g/mol. The topological polar surface area (TPSA) is 32.5 Å². The molecule has 0 bridgehead atoms. The van der Waals surface area contributed by atoms with Crippen LogP contribution in [0.15, 0.2) is 24.3 Å². The second kappa shape index (κ2) is 6.42. The maximum atomic E-state index is 13.9. The third kappa shape index (κ3) is 3.28. The van der Waals surface area contributed by atoms with Gasteiger partial charge in [-0.25, -0.2) is 4.39 Å². The molecule has 1 aromatic carbocycles. The summed E-state index contributed by atoms with van der Waals surface area (Å²) in [5.74, 6) is -0.186. The number of piperidine rings is 1. The summed E-state index contributed by atoms with van der Waals surface area (Å²) in [6, 6.07) is 7.80. The van der Waals surface area contributed by atoms with Crippen LogP contribution in [0.4, 0.5) is 4.39 Å². The monoisotopic (exact) mass is 291 g/mol. The SMILES string of the molecule is CC1CN2CCCCC2CN1CC(N)c1ccccc1F. The Morgan fingerprint density at radius 1 is 1.29 bits per heavy atom. The highest BCUT2D eigenvalue weighted by Gasteiger charge is 2.33. The zero-order valence-electron chi connectivity index (χ0n) is 12.8. The van der Waals surface area contributed by atoms with Gasteiger partial charge in [0.05, 0.1) is 0 Å². The van der Waals surface area contributed by atoms with E-state index in [1.165, 1.54) is 31.9 Å². The van der Waals surface area contributed by atoms with Crippen LogP contribution >= 0.6 is 0 Å². The van der Waals surface area contributed by atoms with E-state index >= 15 is 0 Å². The highest BCUT2D eigenvalue weighted by molar-refractivity contribution is 5.21. The molecule has 0 aliphatic carbocycles. The summed E-state index contributed by atoms with van der Waals surface area (Å²) in [6.45, 7) is 6.44. The van der Waals surface area contributed by atoms with Crippen molar-refractivity contribution >= 4 is 0 Å². The lowest BCUT2D eigenvalue weighted by Crippen LogP contribution is -2.59. The van der Waals surface area contributed by atoms with Crippen LogP contribution in [-0.2, 0) is 0 Å². The maximum absolute atomic E-state index is 13.9. The predicted molar refractivity (Wildman–Crippen MR) is 83.6 cm³/mol. The molecular formula is C17H26FN3. The Labute approximate surface area is 126 Å². The number of halogens is 1. The number of hydrogen-bond donors (Lipinski definition) is 1. The molecule has 2 aliphatic rings. The molecule has 2 fully saturated rings. The van der Waals surface area contributed by atoms with Gasteiger partial charge in [-0.1, -0.05) is 24.6 Å². The third-order valence-corrected chi connectivity index (χ3v) is 5.05. The molecule has 1 aromatic rings. The predicted octanol–water partition coefficient (Wildman–Crippen LogP) is 2.38. The highest BCUT2D eigenvalue weighted by Crippen LogP contribution is 2.25. The number of nitrogens with zero attached hydrogens (tertiary/aromatic N) is 2. The summed E-state index contributed by atoms with van der Waals surface area (Å²) in [5.41, 5.74) is 6.90. The molecule has 2 heterocycles. The second-order valence-electron chi connectivity index (χ2n) is 6.58. The molecule has 3 unspecified atom stereocenters. The molecule has 0 amide bonds. The lowest BCUT2D eigenvalue weighted by molar-refractivity contribution is 0.0124. The highest BCUT2D eigenvalue weighted by atomic mass is 19.1. The van der Waals surface area contributed by atoms with Crippen LogP contribution in [0.5, 0.6) is 0 Å². The lowest BCUT2D eigenvalue weighted by atomic mass is 9.96. The Kier molecular flexibility index (Phi) is 4.57. The Morgan fingerprint density at radius 2 is 2.10 bits per heavy atom. The van der Waals surface area contributed by atoms with Gasteiger partial charge in [-0.2, -0.15) is 0 Å². The van der Waals surface area contributed by atoms with E-state index in [4.69, 9.17) is 5.73 Å². The average Bonchev–Trinajstić information content (AvgIpc) is 2.48. The van der Waals surface area contributed by atoms with Crippen molar-refractivity contribution in [3.8, 4) is 0 Å². The zero-order chi connectivity index (χ0) is 14.8. The molecule has 21 heavy (non-hydrogen) atoms. The fourth-order valence-corrected chi connectivity index (χ4v) is 3.79.